The largest absolute Gasteiger partial charge is 0.353 e. The second-order valence-electron chi connectivity index (χ2n) is 13.8. The maximum atomic E-state index is 11.4. The maximum Gasteiger partial charge on any atom is 0.240 e. The summed E-state index contributed by atoms with van der Waals surface area (Å²) in [5, 5.41) is 11.9. The van der Waals surface area contributed by atoms with E-state index in [2.05, 4.69) is 107 Å². The van der Waals surface area contributed by atoms with Crippen molar-refractivity contribution in [2.75, 3.05) is 10.6 Å². The molecule has 53 heavy (non-hydrogen) atoms. The minimum atomic E-state index is 0.523. The number of isocyanates is 2. The predicted molar refractivity (Wildman–Crippen MR) is 221 cm³/mol. The van der Waals surface area contributed by atoms with Crippen LogP contribution >= 0.6 is 0 Å². The van der Waals surface area contributed by atoms with E-state index < -0.39 is 0 Å². The zero-order valence-corrected chi connectivity index (χ0v) is 30.9. The molecule has 0 spiro atoms. The summed E-state index contributed by atoms with van der Waals surface area (Å²) in [6.07, 6.45) is 15.9. The zero-order chi connectivity index (χ0) is 36.8. The van der Waals surface area contributed by atoms with Gasteiger partial charge in [-0.25, -0.2) is 9.59 Å². The van der Waals surface area contributed by atoms with Gasteiger partial charge in [0, 0.05) is 22.1 Å². The van der Waals surface area contributed by atoms with Crippen LogP contribution in [0.25, 0.3) is 21.5 Å². The Hall–Kier alpha value is -5.80. The van der Waals surface area contributed by atoms with Crippen LogP contribution in [0.2, 0.25) is 0 Å². The number of hydrogen-bond donors (Lipinski definition) is 2. The lowest BCUT2D eigenvalue weighted by molar-refractivity contribution is 0.564. The number of fused-ring (bicyclic) bond motifs is 2. The highest BCUT2D eigenvalue weighted by atomic mass is 16.1. The van der Waals surface area contributed by atoms with Crippen LogP contribution in [0, 0.1) is 0 Å². The summed E-state index contributed by atoms with van der Waals surface area (Å²) in [5.74, 6) is 0. The van der Waals surface area contributed by atoms with Crippen LogP contribution in [0.4, 0.5) is 34.1 Å². The Balaban J connectivity index is 1.28. The van der Waals surface area contributed by atoms with Crippen LogP contribution in [-0.4, -0.2) is 12.2 Å². The molecular formula is C47H48N4O2. The average Bonchev–Trinajstić information content (AvgIpc) is 3.18. The quantitative estimate of drug-likeness (QED) is 0.0531. The fourth-order valence-corrected chi connectivity index (χ4v) is 7.27. The van der Waals surface area contributed by atoms with Crippen molar-refractivity contribution < 1.29 is 9.59 Å². The molecule has 0 aliphatic heterocycles. The molecule has 0 saturated heterocycles. The van der Waals surface area contributed by atoms with Crippen molar-refractivity contribution in [3.05, 3.63) is 131 Å². The topological polar surface area (TPSA) is 82.9 Å². The lowest BCUT2D eigenvalue weighted by Crippen LogP contribution is -1.98. The second kappa shape index (κ2) is 18.6. The maximum absolute atomic E-state index is 11.4. The normalized spacial score (nSPS) is 10.9. The third kappa shape index (κ3) is 9.36. The van der Waals surface area contributed by atoms with Crippen LogP contribution < -0.4 is 10.6 Å². The molecule has 0 aromatic heterocycles. The molecule has 0 saturated carbocycles. The molecule has 6 aromatic rings. The van der Waals surface area contributed by atoms with Gasteiger partial charge < -0.3 is 10.6 Å². The van der Waals surface area contributed by atoms with Crippen molar-refractivity contribution in [2.24, 2.45) is 9.98 Å². The smallest absolute Gasteiger partial charge is 0.240 e. The van der Waals surface area contributed by atoms with Crippen LogP contribution in [0.5, 0.6) is 0 Å². The standard InChI is InChI=1S/C47H48N4O2/c1-3-5-7-9-15-36-23-27-42(40-19-13-11-17-38(36)40)50-46-30-34(21-25-44(46)48-32-52)29-35-22-26-45(49-33-53)47(31-35)51-43-28-24-37(16-10-8-6-4-2)39-18-12-14-20-41(39)43/h11-14,17-28,30-31,50-51H,3-10,15-16,29H2,1-2H3. The molecule has 6 rings (SSSR count). The Kier molecular flexibility index (Phi) is 13.0. The summed E-state index contributed by atoms with van der Waals surface area (Å²) in [6.45, 7) is 4.47. The number of hydrogen-bond acceptors (Lipinski definition) is 6. The highest BCUT2D eigenvalue weighted by molar-refractivity contribution is 5.99. The van der Waals surface area contributed by atoms with Gasteiger partial charge >= 0.3 is 0 Å². The van der Waals surface area contributed by atoms with Gasteiger partial charge in [0.05, 0.1) is 22.7 Å². The Morgan fingerprint density at radius 1 is 0.472 bits per heavy atom. The van der Waals surface area contributed by atoms with E-state index in [1.54, 1.807) is 12.2 Å². The summed E-state index contributed by atoms with van der Waals surface area (Å²) >= 11 is 0. The Morgan fingerprint density at radius 2 is 0.906 bits per heavy atom. The SMILES string of the molecule is CCCCCCc1ccc(Nc2cc(Cc3ccc(N=C=O)c(Nc4ccc(CCCCCC)c5ccccc45)c3)ccc2N=C=O)c2ccccc12. The molecule has 0 aliphatic carbocycles. The molecule has 268 valence electrons. The predicted octanol–water partition coefficient (Wildman–Crippen LogP) is 13.3. The van der Waals surface area contributed by atoms with E-state index in [4.69, 9.17) is 0 Å². The first-order valence-corrected chi connectivity index (χ1v) is 19.1. The van der Waals surface area contributed by atoms with Crippen LogP contribution in [0.1, 0.15) is 87.5 Å². The Morgan fingerprint density at radius 3 is 1.32 bits per heavy atom. The molecule has 0 aliphatic rings. The third-order valence-corrected chi connectivity index (χ3v) is 10.0. The molecule has 6 nitrogen and oxygen atoms in total. The fraction of sp³-hybridized carbons (Fsp3) is 0.277. The van der Waals surface area contributed by atoms with E-state index >= 15 is 0 Å². The first-order chi connectivity index (χ1) is 26.1. The third-order valence-electron chi connectivity index (χ3n) is 10.0. The van der Waals surface area contributed by atoms with Crippen molar-refractivity contribution in [1.82, 2.24) is 0 Å². The van der Waals surface area contributed by atoms with Crippen molar-refractivity contribution >= 4 is 67.8 Å². The number of aryl methyl sites for hydroxylation is 2. The van der Waals surface area contributed by atoms with E-state index in [1.807, 2.05) is 36.4 Å². The molecule has 0 amide bonds. The van der Waals surface area contributed by atoms with Crippen LogP contribution in [0.3, 0.4) is 0 Å². The van der Waals surface area contributed by atoms with E-state index in [-0.39, 0.29) is 0 Å². The molecule has 6 aromatic carbocycles. The van der Waals surface area contributed by atoms with Gasteiger partial charge in [0.15, 0.2) is 0 Å². The minimum Gasteiger partial charge on any atom is -0.353 e. The summed E-state index contributed by atoms with van der Waals surface area (Å²) in [6, 6.07) is 37.4. The van der Waals surface area contributed by atoms with E-state index in [9.17, 15) is 9.59 Å². The van der Waals surface area contributed by atoms with Gasteiger partial charge in [-0.2, -0.15) is 9.98 Å². The first kappa shape index (κ1) is 37.0. The molecule has 0 unspecified atom stereocenters. The Bertz CT molecular complexity index is 2120. The number of benzene rings is 6. The zero-order valence-electron chi connectivity index (χ0n) is 30.9. The van der Waals surface area contributed by atoms with Crippen molar-refractivity contribution in [1.29, 1.82) is 0 Å². The van der Waals surface area contributed by atoms with Gasteiger partial charge in [0.25, 0.3) is 0 Å². The summed E-state index contributed by atoms with van der Waals surface area (Å²) in [5.41, 5.74) is 9.18. The molecule has 2 N–H and O–H groups in total. The van der Waals surface area contributed by atoms with E-state index in [0.717, 1.165) is 57.5 Å². The van der Waals surface area contributed by atoms with E-state index in [1.165, 1.54) is 73.3 Å². The van der Waals surface area contributed by atoms with Gasteiger partial charge in [-0.1, -0.05) is 125 Å². The lowest BCUT2D eigenvalue weighted by atomic mass is 9.97. The number of anilines is 4. The van der Waals surface area contributed by atoms with Crippen LogP contribution in [-0.2, 0) is 28.9 Å². The number of unbranched alkanes of at least 4 members (excludes halogenated alkanes) is 6. The monoisotopic (exact) mass is 700 g/mol. The molecule has 0 atom stereocenters. The van der Waals surface area contributed by atoms with Gasteiger partial charge in [0.2, 0.25) is 12.2 Å². The highest BCUT2D eigenvalue weighted by Gasteiger charge is 2.13. The summed E-state index contributed by atoms with van der Waals surface area (Å²) in [7, 11) is 0. The van der Waals surface area contributed by atoms with Crippen molar-refractivity contribution in [3.63, 3.8) is 0 Å². The first-order valence-electron chi connectivity index (χ1n) is 19.1. The molecule has 6 heteroatoms. The molecular weight excluding hydrogens is 653 g/mol. The second-order valence-corrected chi connectivity index (χ2v) is 13.8. The van der Waals surface area contributed by atoms with Gasteiger partial charge in [-0.15, -0.1) is 0 Å². The number of nitrogens with zero attached hydrogens (tertiary/aromatic N) is 2. The fourth-order valence-electron chi connectivity index (χ4n) is 7.27. The minimum absolute atomic E-state index is 0.523. The molecule has 0 radical (unpaired) electrons. The molecule has 0 fully saturated rings. The summed E-state index contributed by atoms with van der Waals surface area (Å²) < 4.78 is 0. The summed E-state index contributed by atoms with van der Waals surface area (Å²) in [4.78, 5) is 30.9. The van der Waals surface area contributed by atoms with Crippen LogP contribution in [0.15, 0.2) is 119 Å². The average molecular weight is 701 g/mol. The number of carbonyl (C=O) groups excluding carboxylic acids is 2. The van der Waals surface area contributed by atoms with Gasteiger partial charge in [-0.3, -0.25) is 0 Å². The highest BCUT2D eigenvalue weighted by Crippen LogP contribution is 2.37. The van der Waals surface area contributed by atoms with Crippen molar-refractivity contribution in [2.45, 2.75) is 84.5 Å². The number of nitrogens with one attached hydrogen (secondary N) is 2. The van der Waals surface area contributed by atoms with Gasteiger partial charge in [-0.05, 0) is 102 Å². The number of rotatable bonds is 18. The van der Waals surface area contributed by atoms with E-state index in [0.29, 0.717) is 17.8 Å². The lowest BCUT2D eigenvalue weighted by Gasteiger charge is -2.16. The molecule has 0 bridgehead atoms. The van der Waals surface area contributed by atoms with Crippen molar-refractivity contribution in [3.8, 4) is 0 Å². The molecule has 0 heterocycles. The van der Waals surface area contributed by atoms with Gasteiger partial charge in [0.1, 0.15) is 0 Å². The number of aliphatic imine (C=N–C) groups is 2. The Labute approximate surface area is 313 Å².